The summed E-state index contributed by atoms with van der Waals surface area (Å²) in [5.74, 6) is 1.28. The minimum absolute atomic E-state index is 0.248. The Labute approximate surface area is 84.3 Å². The Bertz CT molecular complexity index is 300. The molecule has 76 valence electrons. The van der Waals surface area contributed by atoms with E-state index in [0.29, 0.717) is 0 Å². The van der Waals surface area contributed by atoms with Gasteiger partial charge in [-0.05, 0) is 31.2 Å². The number of Topliss-reactive ketones (excluding diaryl/α,β-unsaturated/α-hetero) is 1. The topological polar surface area (TPSA) is 30.2 Å². The summed E-state index contributed by atoms with van der Waals surface area (Å²) >= 11 is 0. The van der Waals surface area contributed by atoms with Crippen molar-refractivity contribution in [2.24, 2.45) is 11.8 Å². The zero-order chi connectivity index (χ0) is 9.97. The molecule has 0 aliphatic heterocycles. The zero-order valence-electron chi connectivity index (χ0n) is 8.53. The molecule has 2 heteroatoms. The third-order valence-electron chi connectivity index (χ3n) is 3.30. The van der Waals surface area contributed by atoms with Gasteiger partial charge in [0, 0.05) is 5.92 Å². The number of carbonyl (C=O) groups is 1. The maximum Gasteiger partial charge on any atom is 0.169 e. The Kier molecular flexibility index (Phi) is 2.71. The van der Waals surface area contributed by atoms with Crippen LogP contribution < -0.4 is 0 Å². The van der Waals surface area contributed by atoms with Crippen LogP contribution in [0.25, 0.3) is 0 Å². The predicted molar refractivity (Wildman–Crippen MR) is 54.2 cm³/mol. The summed E-state index contributed by atoms with van der Waals surface area (Å²) in [6.07, 6.45) is 7.67. The Balaban J connectivity index is 2.00. The summed E-state index contributed by atoms with van der Waals surface area (Å²) in [5, 5.41) is 0. The second-order valence-electron chi connectivity index (χ2n) is 4.16. The molecule has 0 N–H and O–H groups in total. The van der Waals surface area contributed by atoms with E-state index in [1.807, 2.05) is 0 Å². The lowest BCUT2D eigenvalue weighted by Crippen LogP contribution is -2.10. The highest BCUT2D eigenvalue weighted by molar-refractivity contribution is 5.97. The maximum absolute atomic E-state index is 11.9. The quantitative estimate of drug-likeness (QED) is 0.688. The summed E-state index contributed by atoms with van der Waals surface area (Å²) in [4.78, 5) is 11.9. The summed E-state index contributed by atoms with van der Waals surface area (Å²) in [6.45, 7) is 2.20. The van der Waals surface area contributed by atoms with Crippen LogP contribution in [0.15, 0.2) is 23.0 Å². The van der Waals surface area contributed by atoms with Gasteiger partial charge in [-0.15, -0.1) is 0 Å². The number of rotatable bonds is 3. The molecule has 1 aromatic rings. The number of hydrogen-bond acceptors (Lipinski definition) is 2. The van der Waals surface area contributed by atoms with Gasteiger partial charge in [-0.3, -0.25) is 4.79 Å². The van der Waals surface area contributed by atoms with Crippen molar-refractivity contribution in [2.75, 3.05) is 0 Å². The van der Waals surface area contributed by atoms with Gasteiger partial charge in [0.25, 0.3) is 0 Å². The first-order valence-corrected chi connectivity index (χ1v) is 5.37. The van der Waals surface area contributed by atoms with Gasteiger partial charge in [0.2, 0.25) is 0 Å². The van der Waals surface area contributed by atoms with Crippen LogP contribution in [0.4, 0.5) is 0 Å². The van der Waals surface area contributed by atoms with Crippen molar-refractivity contribution in [1.82, 2.24) is 0 Å². The summed E-state index contributed by atoms with van der Waals surface area (Å²) in [7, 11) is 0. The van der Waals surface area contributed by atoms with Gasteiger partial charge < -0.3 is 4.42 Å². The smallest absolute Gasteiger partial charge is 0.169 e. The molecule has 0 radical (unpaired) electrons. The van der Waals surface area contributed by atoms with Gasteiger partial charge in [0.1, 0.15) is 6.26 Å². The van der Waals surface area contributed by atoms with Crippen LogP contribution in [0.2, 0.25) is 0 Å². The van der Waals surface area contributed by atoms with Crippen LogP contribution in [-0.2, 0) is 0 Å². The standard InChI is InChI=1S/C12H16O2/c1-2-9-3-4-10(7-9)12(13)11-5-6-14-8-11/h5-6,8-10H,2-4,7H2,1H3. The molecule has 14 heavy (non-hydrogen) atoms. The fraction of sp³-hybridized carbons (Fsp3) is 0.583. The minimum atomic E-state index is 0.248. The Morgan fingerprint density at radius 3 is 3.00 bits per heavy atom. The molecule has 1 aromatic heterocycles. The van der Waals surface area contributed by atoms with Gasteiger partial charge >= 0.3 is 0 Å². The molecule has 0 aromatic carbocycles. The van der Waals surface area contributed by atoms with E-state index < -0.39 is 0 Å². The van der Waals surface area contributed by atoms with Crippen molar-refractivity contribution in [1.29, 1.82) is 0 Å². The molecule has 0 spiro atoms. The molecule has 1 fully saturated rings. The first kappa shape index (κ1) is 9.50. The lowest BCUT2D eigenvalue weighted by molar-refractivity contribution is 0.0919. The largest absolute Gasteiger partial charge is 0.472 e. The lowest BCUT2D eigenvalue weighted by Gasteiger charge is -2.06. The average Bonchev–Trinajstić information content (AvgIpc) is 2.88. The van der Waals surface area contributed by atoms with Crippen molar-refractivity contribution in [3.05, 3.63) is 24.2 Å². The Hall–Kier alpha value is -1.05. The van der Waals surface area contributed by atoms with E-state index in [1.54, 1.807) is 18.6 Å². The van der Waals surface area contributed by atoms with Crippen LogP contribution in [0, 0.1) is 11.8 Å². The molecular weight excluding hydrogens is 176 g/mol. The fourth-order valence-corrected chi connectivity index (χ4v) is 2.32. The van der Waals surface area contributed by atoms with Crippen LogP contribution in [0.3, 0.4) is 0 Å². The van der Waals surface area contributed by atoms with Crippen molar-refractivity contribution >= 4 is 5.78 Å². The van der Waals surface area contributed by atoms with Gasteiger partial charge in [-0.1, -0.05) is 13.3 Å². The van der Waals surface area contributed by atoms with E-state index in [4.69, 9.17) is 4.42 Å². The summed E-state index contributed by atoms with van der Waals surface area (Å²) in [6, 6.07) is 1.77. The van der Waals surface area contributed by atoms with Crippen LogP contribution >= 0.6 is 0 Å². The van der Waals surface area contributed by atoms with Gasteiger partial charge in [0.15, 0.2) is 5.78 Å². The molecule has 1 saturated carbocycles. The van der Waals surface area contributed by atoms with E-state index in [-0.39, 0.29) is 11.7 Å². The van der Waals surface area contributed by atoms with E-state index >= 15 is 0 Å². The van der Waals surface area contributed by atoms with Crippen molar-refractivity contribution < 1.29 is 9.21 Å². The van der Waals surface area contributed by atoms with Crippen LogP contribution in [0.1, 0.15) is 43.0 Å². The molecular formula is C12H16O2. The van der Waals surface area contributed by atoms with Gasteiger partial charge in [0.05, 0.1) is 11.8 Å². The Morgan fingerprint density at radius 2 is 2.43 bits per heavy atom. The highest BCUT2D eigenvalue weighted by Crippen LogP contribution is 2.34. The van der Waals surface area contributed by atoms with E-state index in [0.717, 1.165) is 24.3 Å². The third kappa shape index (κ3) is 1.74. The molecule has 1 aliphatic carbocycles. The minimum Gasteiger partial charge on any atom is -0.472 e. The Morgan fingerprint density at radius 1 is 1.57 bits per heavy atom. The SMILES string of the molecule is CCC1CCC(C(=O)c2ccoc2)C1. The normalized spacial score (nSPS) is 26.6. The molecule has 2 atom stereocenters. The number of carbonyl (C=O) groups excluding carboxylic acids is 1. The first-order valence-electron chi connectivity index (χ1n) is 5.37. The molecule has 1 heterocycles. The second kappa shape index (κ2) is 3.99. The molecule has 0 saturated heterocycles. The zero-order valence-corrected chi connectivity index (χ0v) is 8.53. The first-order chi connectivity index (χ1) is 6.81. The highest BCUT2D eigenvalue weighted by atomic mass is 16.3. The maximum atomic E-state index is 11.9. The molecule has 0 amide bonds. The monoisotopic (exact) mass is 192 g/mol. The predicted octanol–water partition coefficient (Wildman–Crippen LogP) is 3.29. The fourth-order valence-electron chi connectivity index (χ4n) is 2.32. The summed E-state index contributed by atoms with van der Waals surface area (Å²) in [5.41, 5.74) is 0.742. The van der Waals surface area contributed by atoms with E-state index in [9.17, 15) is 4.79 Å². The molecule has 0 bridgehead atoms. The number of hydrogen-bond donors (Lipinski definition) is 0. The number of furan rings is 1. The lowest BCUT2D eigenvalue weighted by atomic mass is 9.96. The highest BCUT2D eigenvalue weighted by Gasteiger charge is 2.29. The molecule has 2 unspecified atom stereocenters. The second-order valence-corrected chi connectivity index (χ2v) is 4.16. The van der Waals surface area contributed by atoms with Crippen molar-refractivity contribution in [2.45, 2.75) is 32.6 Å². The number of ketones is 1. The average molecular weight is 192 g/mol. The molecule has 2 rings (SSSR count). The third-order valence-corrected chi connectivity index (χ3v) is 3.30. The van der Waals surface area contributed by atoms with Gasteiger partial charge in [-0.25, -0.2) is 0 Å². The summed E-state index contributed by atoms with van der Waals surface area (Å²) < 4.78 is 4.93. The van der Waals surface area contributed by atoms with E-state index in [2.05, 4.69) is 6.92 Å². The van der Waals surface area contributed by atoms with Crippen molar-refractivity contribution in [3.8, 4) is 0 Å². The van der Waals surface area contributed by atoms with E-state index in [1.165, 1.54) is 12.8 Å². The molecule has 2 nitrogen and oxygen atoms in total. The van der Waals surface area contributed by atoms with Crippen LogP contribution in [0.5, 0.6) is 0 Å². The molecule has 1 aliphatic rings. The van der Waals surface area contributed by atoms with Crippen molar-refractivity contribution in [3.63, 3.8) is 0 Å². The van der Waals surface area contributed by atoms with Crippen LogP contribution in [-0.4, -0.2) is 5.78 Å². The van der Waals surface area contributed by atoms with Gasteiger partial charge in [-0.2, -0.15) is 0 Å².